The fraction of sp³-hybridized carbons (Fsp3) is 0.286. The van der Waals surface area contributed by atoms with Crippen molar-refractivity contribution in [3.05, 3.63) is 24.9 Å². The molecule has 0 unspecified atom stereocenters. The monoisotopic (exact) mass is 125 g/mol. The Balaban J connectivity index is 3.24. The minimum absolute atomic E-state index is 0.0477. The highest BCUT2D eigenvalue weighted by atomic mass is 16.1. The minimum Gasteiger partial charge on any atom is -0.387 e. The molecular formula is C7H11NO. The van der Waals surface area contributed by atoms with E-state index in [-0.39, 0.29) is 5.78 Å². The Hall–Kier alpha value is -1.05. The number of nitrogens with one attached hydrogen (secondary N) is 1. The SMILES string of the molecule is C=CCNC=CC(C)=O. The molecule has 0 aromatic heterocycles. The zero-order valence-electron chi connectivity index (χ0n) is 5.55. The summed E-state index contributed by atoms with van der Waals surface area (Å²) in [7, 11) is 0. The number of carbonyl (C=O) groups is 1. The van der Waals surface area contributed by atoms with Crippen LogP contribution in [-0.4, -0.2) is 12.3 Å². The maximum atomic E-state index is 10.3. The van der Waals surface area contributed by atoms with Gasteiger partial charge in [0.25, 0.3) is 0 Å². The number of rotatable bonds is 4. The van der Waals surface area contributed by atoms with Crippen molar-refractivity contribution in [1.82, 2.24) is 5.32 Å². The average Bonchev–Trinajstić information content (AvgIpc) is 1.80. The number of hydrogen-bond donors (Lipinski definition) is 1. The second kappa shape index (κ2) is 5.09. The van der Waals surface area contributed by atoms with E-state index in [0.717, 1.165) is 0 Å². The number of hydrogen-bond acceptors (Lipinski definition) is 2. The van der Waals surface area contributed by atoms with Crippen LogP contribution >= 0.6 is 0 Å². The summed E-state index contributed by atoms with van der Waals surface area (Å²) < 4.78 is 0. The smallest absolute Gasteiger partial charge is 0.154 e. The van der Waals surface area contributed by atoms with Gasteiger partial charge in [0.05, 0.1) is 0 Å². The maximum absolute atomic E-state index is 10.3. The summed E-state index contributed by atoms with van der Waals surface area (Å²) in [6.07, 6.45) is 4.82. The van der Waals surface area contributed by atoms with E-state index in [0.29, 0.717) is 6.54 Å². The molecule has 50 valence electrons. The Morgan fingerprint density at radius 2 is 2.44 bits per heavy atom. The van der Waals surface area contributed by atoms with Gasteiger partial charge in [-0.3, -0.25) is 4.79 Å². The van der Waals surface area contributed by atoms with Crippen LogP contribution in [0.5, 0.6) is 0 Å². The van der Waals surface area contributed by atoms with Crippen molar-refractivity contribution in [2.45, 2.75) is 6.92 Å². The van der Waals surface area contributed by atoms with Gasteiger partial charge >= 0.3 is 0 Å². The molecule has 0 saturated heterocycles. The fourth-order valence-corrected chi connectivity index (χ4v) is 0.328. The van der Waals surface area contributed by atoms with Crippen molar-refractivity contribution in [2.75, 3.05) is 6.54 Å². The molecule has 2 nitrogen and oxygen atoms in total. The first kappa shape index (κ1) is 7.95. The normalized spacial score (nSPS) is 9.44. The first-order valence-corrected chi connectivity index (χ1v) is 2.78. The van der Waals surface area contributed by atoms with Gasteiger partial charge in [-0.05, 0) is 13.0 Å². The van der Waals surface area contributed by atoms with E-state index < -0.39 is 0 Å². The van der Waals surface area contributed by atoms with Gasteiger partial charge in [0.15, 0.2) is 5.78 Å². The van der Waals surface area contributed by atoms with Gasteiger partial charge in [-0.25, -0.2) is 0 Å². The summed E-state index contributed by atoms with van der Waals surface area (Å²) in [6.45, 7) is 5.70. The molecule has 0 fully saturated rings. The Bertz CT molecular complexity index is 127. The molecular weight excluding hydrogens is 114 g/mol. The number of allylic oxidation sites excluding steroid dienone is 1. The maximum Gasteiger partial charge on any atom is 0.154 e. The van der Waals surface area contributed by atoms with Crippen molar-refractivity contribution in [1.29, 1.82) is 0 Å². The molecule has 0 saturated carbocycles. The summed E-state index contributed by atoms with van der Waals surface area (Å²) in [4.78, 5) is 10.3. The molecule has 0 aromatic carbocycles. The van der Waals surface area contributed by atoms with E-state index in [1.54, 1.807) is 12.3 Å². The summed E-state index contributed by atoms with van der Waals surface area (Å²) in [5, 5.41) is 2.85. The van der Waals surface area contributed by atoms with E-state index in [9.17, 15) is 4.79 Å². The van der Waals surface area contributed by atoms with Crippen molar-refractivity contribution in [3.8, 4) is 0 Å². The van der Waals surface area contributed by atoms with Gasteiger partial charge < -0.3 is 5.32 Å². The Labute approximate surface area is 55.3 Å². The predicted octanol–water partition coefficient (Wildman–Crippen LogP) is 0.865. The van der Waals surface area contributed by atoms with Crippen LogP contribution in [0.3, 0.4) is 0 Å². The van der Waals surface area contributed by atoms with Crippen LogP contribution in [0.2, 0.25) is 0 Å². The van der Waals surface area contributed by atoms with Crippen LogP contribution in [0.1, 0.15) is 6.92 Å². The molecule has 0 heterocycles. The van der Waals surface area contributed by atoms with E-state index >= 15 is 0 Å². The van der Waals surface area contributed by atoms with E-state index in [1.165, 1.54) is 13.0 Å². The molecule has 1 N–H and O–H groups in total. The van der Waals surface area contributed by atoms with Crippen LogP contribution in [0.15, 0.2) is 24.9 Å². The van der Waals surface area contributed by atoms with Crippen molar-refractivity contribution in [2.24, 2.45) is 0 Å². The standard InChI is InChI=1S/C7H11NO/c1-3-5-8-6-4-7(2)9/h3-4,6,8H,1,5H2,2H3. The molecule has 0 spiro atoms. The third kappa shape index (κ3) is 6.95. The molecule has 0 aromatic rings. The lowest BCUT2D eigenvalue weighted by Gasteiger charge is -1.89. The van der Waals surface area contributed by atoms with Crippen LogP contribution in [0.25, 0.3) is 0 Å². The first-order chi connectivity index (χ1) is 4.27. The zero-order chi connectivity index (χ0) is 7.11. The average molecular weight is 125 g/mol. The summed E-state index contributed by atoms with van der Waals surface area (Å²) >= 11 is 0. The van der Waals surface area contributed by atoms with Gasteiger partial charge in [0.1, 0.15) is 0 Å². The zero-order valence-corrected chi connectivity index (χ0v) is 5.55. The quantitative estimate of drug-likeness (QED) is 0.343. The third-order valence-corrected chi connectivity index (χ3v) is 0.698. The van der Waals surface area contributed by atoms with Gasteiger partial charge in [0.2, 0.25) is 0 Å². The Morgan fingerprint density at radius 3 is 2.89 bits per heavy atom. The molecule has 2 heteroatoms. The number of carbonyl (C=O) groups excluding carboxylic acids is 1. The molecule has 9 heavy (non-hydrogen) atoms. The van der Waals surface area contributed by atoms with Crippen molar-refractivity contribution in [3.63, 3.8) is 0 Å². The van der Waals surface area contributed by atoms with Crippen molar-refractivity contribution < 1.29 is 4.79 Å². The van der Waals surface area contributed by atoms with Crippen LogP contribution in [-0.2, 0) is 4.79 Å². The lowest BCUT2D eigenvalue weighted by Crippen LogP contribution is -2.03. The summed E-state index contributed by atoms with van der Waals surface area (Å²) in [6, 6.07) is 0. The topological polar surface area (TPSA) is 29.1 Å². The van der Waals surface area contributed by atoms with Crippen LogP contribution in [0.4, 0.5) is 0 Å². The number of ketones is 1. The Morgan fingerprint density at radius 1 is 1.78 bits per heavy atom. The second-order valence-corrected chi connectivity index (χ2v) is 1.64. The molecule has 0 radical (unpaired) electrons. The van der Waals surface area contributed by atoms with Crippen LogP contribution < -0.4 is 5.32 Å². The van der Waals surface area contributed by atoms with Gasteiger partial charge in [0, 0.05) is 12.7 Å². The largest absolute Gasteiger partial charge is 0.387 e. The molecule has 0 bridgehead atoms. The Kier molecular flexibility index (Phi) is 4.50. The van der Waals surface area contributed by atoms with Crippen molar-refractivity contribution >= 4 is 5.78 Å². The molecule has 0 aliphatic heterocycles. The molecule has 0 rings (SSSR count). The van der Waals surface area contributed by atoms with E-state index in [4.69, 9.17) is 0 Å². The minimum atomic E-state index is 0.0477. The highest BCUT2D eigenvalue weighted by Crippen LogP contribution is 1.70. The fourth-order valence-electron chi connectivity index (χ4n) is 0.328. The molecule has 0 aliphatic carbocycles. The second-order valence-electron chi connectivity index (χ2n) is 1.64. The van der Waals surface area contributed by atoms with Gasteiger partial charge in [-0.1, -0.05) is 6.08 Å². The first-order valence-electron chi connectivity index (χ1n) is 2.78. The lowest BCUT2D eigenvalue weighted by atomic mass is 10.4. The highest BCUT2D eigenvalue weighted by molar-refractivity contribution is 5.87. The van der Waals surface area contributed by atoms with E-state index in [1.807, 2.05) is 0 Å². The van der Waals surface area contributed by atoms with Gasteiger partial charge in [-0.15, -0.1) is 6.58 Å². The predicted molar refractivity (Wildman–Crippen MR) is 38.0 cm³/mol. The summed E-state index contributed by atoms with van der Waals surface area (Å²) in [5.41, 5.74) is 0. The summed E-state index contributed by atoms with van der Waals surface area (Å²) in [5.74, 6) is 0.0477. The van der Waals surface area contributed by atoms with E-state index in [2.05, 4.69) is 11.9 Å². The molecule has 0 amide bonds. The molecule has 0 atom stereocenters. The highest BCUT2D eigenvalue weighted by Gasteiger charge is 1.77. The lowest BCUT2D eigenvalue weighted by molar-refractivity contribution is -0.112. The molecule has 0 aliphatic rings. The third-order valence-electron chi connectivity index (χ3n) is 0.698. The van der Waals surface area contributed by atoms with Gasteiger partial charge in [-0.2, -0.15) is 0 Å². The van der Waals surface area contributed by atoms with Crippen LogP contribution in [0, 0.1) is 0 Å².